The fourth-order valence-electron chi connectivity index (χ4n) is 2.17. The third kappa shape index (κ3) is 3.04. The summed E-state index contributed by atoms with van der Waals surface area (Å²) in [7, 11) is 1.83. The largest absolute Gasteiger partial charge is 0.463 e. The van der Waals surface area contributed by atoms with Crippen molar-refractivity contribution in [1.29, 1.82) is 0 Å². The van der Waals surface area contributed by atoms with Crippen molar-refractivity contribution in [2.75, 3.05) is 0 Å². The van der Waals surface area contributed by atoms with E-state index in [2.05, 4.69) is 10.4 Å². The van der Waals surface area contributed by atoms with Crippen LogP contribution in [0.25, 0.3) is 11.5 Å². The van der Waals surface area contributed by atoms with Crippen molar-refractivity contribution in [3.05, 3.63) is 65.0 Å². The molecule has 2 heterocycles. The molecule has 0 fully saturated rings. The molecule has 0 radical (unpaired) electrons. The second kappa shape index (κ2) is 6.07. The Hall–Kier alpha value is -2.53. The highest BCUT2D eigenvalue weighted by atomic mass is 35.5. The van der Waals surface area contributed by atoms with E-state index in [0.29, 0.717) is 17.1 Å². The zero-order valence-corrected chi connectivity index (χ0v) is 12.7. The van der Waals surface area contributed by atoms with Crippen molar-refractivity contribution in [2.24, 2.45) is 7.05 Å². The molecule has 3 rings (SSSR count). The van der Waals surface area contributed by atoms with E-state index < -0.39 is 0 Å². The maximum Gasteiger partial charge on any atom is 0.251 e. The molecule has 2 aromatic heterocycles. The Labute approximate surface area is 132 Å². The molecule has 3 aromatic rings. The van der Waals surface area contributed by atoms with Gasteiger partial charge in [-0.2, -0.15) is 5.10 Å². The van der Waals surface area contributed by atoms with Crippen LogP contribution in [0.1, 0.15) is 16.1 Å². The number of amides is 1. The number of carbonyl (C=O) groups is 1. The monoisotopic (exact) mass is 315 g/mol. The molecular formula is C16H14ClN3O2. The number of aryl methyl sites for hydroxylation is 1. The first-order valence-corrected chi connectivity index (χ1v) is 7.12. The molecule has 0 bridgehead atoms. The van der Waals surface area contributed by atoms with Gasteiger partial charge in [0.1, 0.15) is 5.69 Å². The highest BCUT2D eigenvalue weighted by molar-refractivity contribution is 6.30. The van der Waals surface area contributed by atoms with Gasteiger partial charge < -0.3 is 9.73 Å². The van der Waals surface area contributed by atoms with Crippen LogP contribution < -0.4 is 5.32 Å². The van der Waals surface area contributed by atoms with E-state index in [9.17, 15) is 4.79 Å². The fraction of sp³-hybridized carbons (Fsp3) is 0.125. The topological polar surface area (TPSA) is 60.1 Å². The number of rotatable bonds is 4. The molecule has 112 valence electrons. The Morgan fingerprint density at radius 3 is 2.91 bits per heavy atom. The number of nitrogens with zero attached hydrogens (tertiary/aromatic N) is 2. The summed E-state index contributed by atoms with van der Waals surface area (Å²) >= 11 is 5.88. The Balaban J connectivity index is 1.69. The van der Waals surface area contributed by atoms with Crippen LogP contribution >= 0.6 is 11.6 Å². The van der Waals surface area contributed by atoms with Gasteiger partial charge in [0.15, 0.2) is 5.76 Å². The van der Waals surface area contributed by atoms with Crippen LogP contribution in [0.4, 0.5) is 0 Å². The highest BCUT2D eigenvalue weighted by Crippen LogP contribution is 2.20. The number of halogens is 1. The third-order valence-electron chi connectivity index (χ3n) is 3.22. The van der Waals surface area contributed by atoms with E-state index in [4.69, 9.17) is 16.0 Å². The molecule has 0 atom stereocenters. The summed E-state index contributed by atoms with van der Waals surface area (Å²) in [6.07, 6.45) is 1.61. The number of hydrogen-bond donors (Lipinski definition) is 1. The zero-order valence-electron chi connectivity index (χ0n) is 11.9. The Kier molecular flexibility index (Phi) is 3.98. The maximum absolute atomic E-state index is 12.1. The second-order valence-electron chi connectivity index (χ2n) is 4.81. The van der Waals surface area contributed by atoms with Crippen LogP contribution in [-0.4, -0.2) is 15.7 Å². The number of hydrogen-bond acceptors (Lipinski definition) is 3. The predicted molar refractivity (Wildman–Crippen MR) is 83.5 cm³/mol. The van der Waals surface area contributed by atoms with Crippen molar-refractivity contribution < 1.29 is 9.21 Å². The summed E-state index contributed by atoms with van der Waals surface area (Å²) in [6.45, 7) is 0.333. The summed E-state index contributed by atoms with van der Waals surface area (Å²) in [5.41, 5.74) is 2.14. The summed E-state index contributed by atoms with van der Waals surface area (Å²) in [5.74, 6) is 0.551. The minimum absolute atomic E-state index is 0.187. The van der Waals surface area contributed by atoms with E-state index in [1.165, 1.54) is 0 Å². The molecule has 0 aliphatic heterocycles. The molecule has 1 aromatic carbocycles. The maximum atomic E-state index is 12.1. The van der Waals surface area contributed by atoms with Gasteiger partial charge in [-0.1, -0.05) is 17.7 Å². The van der Waals surface area contributed by atoms with Crippen molar-refractivity contribution in [3.63, 3.8) is 0 Å². The van der Waals surface area contributed by atoms with Crippen molar-refractivity contribution in [1.82, 2.24) is 15.1 Å². The van der Waals surface area contributed by atoms with Crippen molar-refractivity contribution in [3.8, 4) is 11.5 Å². The highest BCUT2D eigenvalue weighted by Gasteiger charge is 2.11. The van der Waals surface area contributed by atoms with E-state index in [0.717, 1.165) is 17.1 Å². The molecule has 1 N–H and O–H groups in total. The molecule has 0 aliphatic rings. The molecule has 1 amide bonds. The van der Waals surface area contributed by atoms with Gasteiger partial charge in [0.25, 0.3) is 5.91 Å². The minimum atomic E-state index is -0.187. The first-order valence-electron chi connectivity index (χ1n) is 6.74. The number of carbonyl (C=O) groups excluding carboxylic acids is 1. The van der Waals surface area contributed by atoms with E-state index in [1.54, 1.807) is 35.2 Å². The van der Waals surface area contributed by atoms with Crippen LogP contribution in [0, 0.1) is 0 Å². The molecule has 0 saturated carbocycles. The minimum Gasteiger partial charge on any atom is -0.463 e. The SMILES string of the molecule is Cn1nc(CNC(=O)c2cccc(Cl)c2)cc1-c1ccco1. The summed E-state index contributed by atoms with van der Waals surface area (Å²) in [5, 5.41) is 7.72. The standard InChI is InChI=1S/C16H14ClN3O2/c1-20-14(15-6-3-7-22-15)9-13(19-20)10-18-16(21)11-4-2-5-12(17)8-11/h2-9H,10H2,1H3,(H,18,21). The molecule has 0 unspecified atom stereocenters. The van der Waals surface area contributed by atoms with Crippen molar-refractivity contribution >= 4 is 17.5 Å². The van der Waals surface area contributed by atoms with E-state index in [-0.39, 0.29) is 5.91 Å². The first-order chi connectivity index (χ1) is 10.6. The van der Waals surface area contributed by atoms with Gasteiger partial charge in [-0.15, -0.1) is 0 Å². The van der Waals surface area contributed by atoms with Gasteiger partial charge >= 0.3 is 0 Å². The number of aromatic nitrogens is 2. The van der Waals surface area contributed by atoms with Crippen LogP contribution in [0.5, 0.6) is 0 Å². The lowest BCUT2D eigenvalue weighted by Crippen LogP contribution is -2.23. The molecular weight excluding hydrogens is 302 g/mol. The van der Waals surface area contributed by atoms with Crippen LogP contribution in [0.15, 0.2) is 53.1 Å². The lowest BCUT2D eigenvalue weighted by molar-refractivity contribution is 0.0950. The molecule has 0 aliphatic carbocycles. The van der Waals surface area contributed by atoms with Gasteiger partial charge in [-0.25, -0.2) is 0 Å². The van der Waals surface area contributed by atoms with Gasteiger partial charge in [-0.05, 0) is 36.4 Å². The average Bonchev–Trinajstić information content (AvgIpc) is 3.14. The summed E-state index contributed by atoms with van der Waals surface area (Å²) < 4.78 is 7.08. The quantitative estimate of drug-likeness (QED) is 0.804. The third-order valence-corrected chi connectivity index (χ3v) is 3.46. The van der Waals surface area contributed by atoms with Gasteiger partial charge in [0.05, 0.1) is 18.5 Å². The average molecular weight is 316 g/mol. The van der Waals surface area contributed by atoms with E-state index in [1.807, 2.05) is 25.2 Å². The summed E-state index contributed by atoms with van der Waals surface area (Å²) in [4.78, 5) is 12.1. The normalized spacial score (nSPS) is 10.6. The smallest absolute Gasteiger partial charge is 0.251 e. The van der Waals surface area contributed by atoms with Crippen molar-refractivity contribution in [2.45, 2.75) is 6.54 Å². The van der Waals surface area contributed by atoms with Crippen LogP contribution in [-0.2, 0) is 13.6 Å². The van der Waals surface area contributed by atoms with Crippen LogP contribution in [0.3, 0.4) is 0 Å². The number of benzene rings is 1. The summed E-state index contributed by atoms with van der Waals surface area (Å²) in [6, 6.07) is 12.4. The van der Waals surface area contributed by atoms with Gasteiger partial charge in [0.2, 0.25) is 0 Å². The lowest BCUT2D eigenvalue weighted by Gasteiger charge is -2.03. The predicted octanol–water partition coefficient (Wildman–Crippen LogP) is 3.26. The number of nitrogens with one attached hydrogen (secondary N) is 1. The fourth-order valence-corrected chi connectivity index (χ4v) is 2.36. The van der Waals surface area contributed by atoms with E-state index >= 15 is 0 Å². The van der Waals surface area contributed by atoms with Gasteiger partial charge in [0, 0.05) is 17.6 Å². The Morgan fingerprint density at radius 2 is 2.18 bits per heavy atom. The lowest BCUT2D eigenvalue weighted by atomic mass is 10.2. The molecule has 6 heteroatoms. The zero-order chi connectivity index (χ0) is 15.5. The molecule has 5 nitrogen and oxygen atoms in total. The van der Waals surface area contributed by atoms with Gasteiger partial charge in [-0.3, -0.25) is 9.48 Å². The number of furan rings is 1. The molecule has 0 spiro atoms. The second-order valence-corrected chi connectivity index (χ2v) is 5.25. The Morgan fingerprint density at radius 1 is 1.32 bits per heavy atom. The van der Waals surface area contributed by atoms with Crippen LogP contribution in [0.2, 0.25) is 5.02 Å². The Bertz CT molecular complexity index is 794. The first kappa shape index (κ1) is 14.4. The molecule has 0 saturated heterocycles. The molecule has 22 heavy (non-hydrogen) atoms.